The zero-order valence-electron chi connectivity index (χ0n) is 10.1. The van der Waals surface area contributed by atoms with Crippen LogP contribution in [0, 0.1) is 0 Å². The van der Waals surface area contributed by atoms with E-state index in [1.54, 1.807) is 21.0 Å². The number of ether oxygens (including phenoxy) is 1. The maximum atomic E-state index is 9.82. The highest BCUT2D eigenvalue weighted by molar-refractivity contribution is 7.11. The van der Waals surface area contributed by atoms with Crippen LogP contribution in [0.25, 0.3) is 0 Å². The zero-order valence-corrected chi connectivity index (χ0v) is 11.0. The second-order valence-corrected chi connectivity index (χ2v) is 4.98. The minimum absolute atomic E-state index is 0.400. The summed E-state index contributed by atoms with van der Waals surface area (Å²) in [6, 6.07) is 0. The van der Waals surface area contributed by atoms with E-state index in [-0.39, 0.29) is 0 Å². The quantitative estimate of drug-likeness (QED) is 0.819. The van der Waals surface area contributed by atoms with E-state index in [9.17, 15) is 5.11 Å². The Morgan fingerprint density at radius 2 is 2.19 bits per heavy atom. The Labute approximate surface area is 100.0 Å². The third kappa shape index (κ3) is 2.99. The smallest absolute Gasteiger partial charge is 0.197 e. The van der Waals surface area contributed by atoms with Crippen molar-refractivity contribution in [2.24, 2.45) is 0 Å². The van der Waals surface area contributed by atoms with Crippen LogP contribution in [0.5, 0.6) is 5.75 Å². The number of methoxy groups -OCH3 is 1. The van der Waals surface area contributed by atoms with Crippen molar-refractivity contribution >= 4 is 22.4 Å². The molecule has 0 aliphatic rings. The molecular weight excluding hydrogens is 226 g/mol. The molecule has 0 aromatic carbocycles. The average Bonchev–Trinajstić information content (AvgIpc) is 2.54. The lowest BCUT2D eigenvalue weighted by Gasteiger charge is -2.28. The van der Waals surface area contributed by atoms with Crippen LogP contribution in [0.2, 0.25) is 0 Å². The monoisotopic (exact) mass is 245 g/mol. The number of rotatable bonds is 5. The van der Waals surface area contributed by atoms with Gasteiger partial charge in [-0.1, -0.05) is 0 Å². The lowest BCUT2D eigenvalue weighted by Crippen LogP contribution is -2.38. The standard InChI is InChI=1S/C10H19N3O2S/c1-5-13(6-10(2,3)14)9-7(15-4)8(11)12-16-9/h14H,5-6H2,1-4H3,(H2,11,12). The van der Waals surface area contributed by atoms with E-state index in [4.69, 9.17) is 10.5 Å². The number of aromatic nitrogens is 1. The molecule has 1 heterocycles. The average molecular weight is 245 g/mol. The van der Waals surface area contributed by atoms with Crippen molar-refractivity contribution < 1.29 is 9.84 Å². The largest absolute Gasteiger partial charge is 0.490 e. The summed E-state index contributed by atoms with van der Waals surface area (Å²) in [7, 11) is 1.57. The predicted molar refractivity (Wildman–Crippen MR) is 67.3 cm³/mol. The van der Waals surface area contributed by atoms with Gasteiger partial charge in [0.2, 0.25) is 0 Å². The lowest BCUT2D eigenvalue weighted by atomic mass is 10.1. The highest BCUT2D eigenvalue weighted by atomic mass is 32.1. The Morgan fingerprint density at radius 3 is 2.62 bits per heavy atom. The molecular formula is C10H19N3O2S. The van der Waals surface area contributed by atoms with E-state index in [1.807, 2.05) is 11.8 Å². The summed E-state index contributed by atoms with van der Waals surface area (Å²) in [4.78, 5) is 2.01. The molecule has 92 valence electrons. The molecule has 0 aliphatic carbocycles. The first-order chi connectivity index (χ1) is 7.39. The second kappa shape index (κ2) is 4.88. The third-order valence-electron chi connectivity index (χ3n) is 2.11. The van der Waals surface area contributed by atoms with Gasteiger partial charge in [-0.2, -0.15) is 4.37 Å². The molecule has 0 fully saturated rings. The minimum atomic E-state index is -0.764. The van der Waals surface area contributed by atoms with Gasteiger partial charge in [-0.25, -0.2) is 0 Å². The normalized spacial score (nSPS) is 11.6. The van der Waals surface area contributed by atoms with E-state index in [1.165, 1.54) is 11.5 Å². The Balaban J connectivity index is 2.95. The summed E-state index contributed by atoms with van der Waals surface area (Å²) >= 11 is 1.29. The minimum Gasteiger partial charge on any atom is -0.490 e. The summed E-state index contributed by atoms with van der Waals surface area (Å²) in [5, 5.41) is 10.7. The van der Waals surface area contributed by atoms with Gasteiger partial charge in [-0.15, -0.1) is 0 Å². The molecule has 6 heteroatoms. The fourth-order valence-electron chi connectivity index (χ4n) is 1.47. The number of likely N-dealkylation sites (N-methyl/N-ethyl adjacent to an activating group) is 1. The Bertz CT molecular complexity index is 346. The van der Waals surface area contributed by atoms with Gasteiger partial charge in [0.25, 0.3) is 0 Å². The van der Waals surface area contributed by atoms with E-state index in [0.29, 0.717) is 18.1 Å². The summed E-state index contributed by atoms with van der Waals surface area (Å²) in [5.74, 6) is 0.993. The first kappa shape index (κ1) is 13.1. The van der Waals surface area contributed by atoms with Gasteiger partial charge < -0.3 is 20.5 Å². The van der Waals surface area contributed by atoms with Crippen molar-refractivity contribution in [2.75, 3.05) is 30.8 Å². The summed E-state index contributed by atoms with van der Waals surface area (Å²) in [5.41, 5.74) is 4.93. The van der Waals surface area contributed by atoms with Crippen LogP contribution in [0.4, 0.5) is 10.8 Å². The molecule has 0 spiro atoms. The number of anilines is 2. The lowest BCUT2D eigenvalue weighted by molar-refractivity contribution is 0.0876. The predicted octanol–water partition coefficient (Wildman–Crippen LogP) is 1.33. The molecule has 1 rings (SSSR count). The van der Waals surface area contributed by atoms with Crippen molar-refractivity contribution in [3.63, 3.8) is 0 Å². The van der Waals surface area contributed by atoms with E-state index < -0.39 is 5.60 Å². The van der Waals surface area contributed by atoms with Gasteiger partial charge >= 0.3 is 0 Å². The number of nitrogens with two attached hydrogens (primary N) is 1. The van der Waals surface area contributed by atoms with Gasteiger partial charge in [-0.3, -0.25) is 0 Å². The molecule has 16 heavy (non-hydrogen) atoms. The number of hydrogen-bond donors (Lipinski definition) is 2. The molecule has 0 bridgehead atoms. The van der Waals surface area contributed by atoms with Gasteiger partial charge in [0.15, 0.2) is 16.6 Å². The summed E-state index contributed by atoms with van der Waals surface area (Å²) in [6.45, 7) is 6.84. The van der Waals surface area contributed by atoms with Crippen molar-refractivity contribution in [3.8, 4) is 5.75 Å². The Morgan fingerprint density at radius 1 is 1.56 bits per heavy atom. The second-order valence-electron chi connectivity index (χ2n) is 4.23. The van der Waals surface area contributed by atoms with Gasteiger partial charge in [0, 0.05) is 13.1 Å². The molecule has 0 saturated carbocycles. The van der Waals surface area contributed by atoms with Gasteiger partial charge in [-0.05, 0) is 32.3 Å². The molecule has 0 amide bonds. The van der Waals surface area contributed by atoms with Gasteiger partial charge in [0.05, 0.1) is 12.7 Å². The van der Waals surface area contributed by atoms with Crippen LogP contribution in [-0.4, -0.2) is 35.3 Å². The van der Waals surface area contributed by atoms with Crippen molar-refractivity contribution in [3.05, 3.63) is 0 Å². The van der Waals surface area contributed by atoms with Crippen LogP contribution < -0.4 is 15.4 Å². The molecule has 0 radical (unpaired) electrons. The highest BCUT2D eigenvalue weighted by Crippen LogP contribution is 2.38. The van der Waals surface area contributed by atoms with Crippen molar-refractivity contribution in [2.45, 2.75) is 26.4 Å². The van der Waals surface area contributed by atoms with Crippen LogP contribution in [0.1, 0.15) is 20.8 Å². The third-order valence-corrected chi connectivity index (χ3v) is 3.01. The number of nitrogens with zero attached hydrogens (tertiary/aromatic N) is 2. The van der Waals surface area contributed by atoms with E-state index in [2.05, 4.69) is 4.37 Å². The van der Waals surface area contributed by atoms with E-state index >= 15 is 0 Å². The first-order valence-electron chi connectivity index (χ1n) is 5.15. The topological polar surface area (TPSA) is 71.6 Å². The molecule has 0 saturated heterocycles. The number of nitrogen functional groups attached to an aromatic ring is 1. The molecule has 1 aromatic rings. The fourth-order valence-corrected chi connectivity index (χ4v) is 2.32. The van der Waals surface area contributed by atoms with E-state index in [0.717, 1.165) is 11.5 Å². The maximum Gasteiger partial charge on any atom is 0.197 e. The van der Waals surface area contributed by atoms with Crippen molar-refractivity contribution in [1.82, 2.24) is 4.37 Å². The molecule has 0 unspecified atom stereocenters. The highest BCUT2D eigenvalue weighted by Gasteiger charge is 2.23. The summed E-state index contributed by atoms with van der Waals surface area (Å²) < 4.78 is 9.27. The number of hydrogen-bond acceptors (Lipinski definition) is 6. The molecule has 5 nitrogen and oxygen atoms in total. The zero-order chi connectivity index (χ0) is 12.3. The van der Waals surface area contributed by atoms with Crippen LogP contribution in [0.3, 0.4) is 0 Å². The Hall–Kier alpha value is -1.01. The number of aliphatic hydroxyl groups is 1. The van der Waals surface area contributed by atoms with Crippen LogP contribution in [0.15, 0.2) is 0 Å². The van der Waals surface area contributed by atoms with Crippen molar-refractivity contribution in [1.29, 1.82) is 0 Å². The SMILES string of the molecule is CCN(CC(C)(C)O)c1snc(N)c1OC. The molecule has 0 aliphatic heterocycles. The first-order valence-corrected chi connectivity index (χ1v) is 5.93. The molecule has 1 aromatic heterocycles. The van der Waals surface area contributed by atoms with Crippen LogP contribution in [-0.2, 0) is 0 Å². The Kier molecular flexibility index (Phi) is 3.98. The van der Waals surface area contributed by atoms with Gasteiger partial charge in [0.1, 0.15) is 0 Å². The maximum absolute atomic E-state index is 9.82. The van der Waals surface area contributed by atoms with Crippen LogP contribution >= 0.6 is 11.5 Å². The fraction of sp³-hybridized carbons (Fsp3) is 0.700. The molecule has 3 N–H and O–H groups in total. The molecule has 0 atom stereocenters. The summed E-state index contributed by atoms with van der Waals surface area (Å²) in [6.07, 6.45) is 0.